The van der Waals surface area contributed by atoms with Gasteiger partial charge in [-0.05, 0) is 41.1 Å². The maximum absolute atomic E-state index is 5.08. The minimum atomic E-state index is 0.929. The highest BCUT2D eigenvalue weighted by atomic mass is 15.0. The molecule has 4 aromatic carbocycles. The van der Waals surface area contributed by atoms with Crippen LogP contribution in [0.1, 0.15) is 0 Å². The van der Waals surface area contributed by atoms with Crippen LogP contribution in [0, 0.1) is 0 Å². The SMILES string of the molecule is c1ccc(-c2nc3ccccn3c2-c2ccc(-c3c(-c4ccc5ccccc5c4)nc4ccccn34)cc2)cc1. The normalized spacial score (nSPS) is 11.5. The van der Waals surface area contributed by atoms with Crippen molar-refractivity contribution in [1.29, 1.82) is 0 Å². The van der Waals surface area contributed by atoms with Gasteiger partial charge in [-0.25, -0.2) is 9.97 Å². The van der Waals surface area contributed by atoms with E-state index in [0.29, 0.717) is 0 Å². The molecule has 4 heteroatoms. The molecule has 8 rings (SSSR count). The van der Waals surface area contributed by atoms with Gasteiger partial charge in [-0.2, -0.15) is 0 Å². The summed E-state index contributed by atoms with van der Waals surface area (Å²) in [5.41, 5.74) is 10.4. The van der Waals surface area contributed by atoms with Crippen molar-refractivity contribution in [3.63, 3.8) is 0 Å². The van der Waals surface area contributed by atoms with Gasteiger partial charge in [0.1, 0.15) is 11.3 Å². The third kappa shape index (κ3) is 3.62. The Morgan fingerprint density at radius 3 is 1.50 bits per heavy atom. The Hall–Kier alpha value is -5.48. The summed E-state index contributed by atoms with van der Waals surface area (Å²) in [6.07, 6.45) is 4.18. The predicted molar refractivity (Wildman–Crippen MR) is 163 cm³/mol. The summed E-state index contributed by atoms with van der Waals surface area (Å²) < 4.78 is 4.36. The molecular weight excluding hydrogens is 488 g/mol. The molecule has 0 radical (unpaired) electrons. The lowest BCUT2D eigenvalue weighted by molar-refractivity contribution is 1.18. The van der Waals surface area contributed by atoms with Gasteiger partial charge in [-0.1, -0.05) is 103 Å². The second-order valence-electron chi connectivity index (χ2n) is 9.98. The summed E-state index contributed by atoms with van der Waals surface area (Å²) in [5.74, 6) is 0. The highest BCUT2D eigenvalue weighted by molar-refractivity contribution is 5.91. The van der Waals surface area contributed by atoms with Crippen LogP contribution in [0.15, 0.2) is 146 Å². The van der Waals surface area contributed by atoms with Crippen LogP contribution in [0.3, 0.4) is 0 Å². The first-order valence-electron chi connectivity index (χ1n) is 13.4. The molecule has 0 fully saturated rings. The molecule has 4 heterocycles. The molecule has 4 nitrogen and oxygen atoms in total. The molecule has 40 heavy (non-hydrogen) atoms. The Balaban J connectivity index is 1.30. The number of rotatable bonds is 4. The zero-order valence-electron chi connectivity index (χ0n) is 21.6. The number of hydrogen-bond acceptors (Lipinski definition) is 2. The van der Waals surface area contributed by atoms with E-state index in [1.54, 1.807) is 0 Å². The number of nitrogens with zero attached hydrogens (tertiary/aromatic N) is 4. The summed E-state index contributed by atoms with van der Waals surface area (Å²) in [5, 5.41) is 2.43. The van der Waals surface area contributed by atoms with Crippen LogP contribution in [0.2, 0.25) is 0 Å². The zero-order valence-corrected chi connectivity index (χ0v) is 21.6. The van der Waals surface area contributed by atoms with E-state index in [-0.39, 0.29) is 0 Å². The summed E-state index contributed by atoms with van der Waals surface area (Å²) in [7, 11) is 0. The molecule has 0 spiro atoms. The van der Waals surface area contributed by atoms with E-state index >= 15 is 0 Å². The highest BCUT2D eigenvalue weighted by Gasteiger charge is 2.19. The van der Waals surface area contributed by atoms with Crippen LogP contribution in [-0.4, -0.2) is 18.8 Å². The van der Waals surface area contributed by atoms with Gasteiger partial charge in [0.05, 0.1) is 22.8 Å². The third-order valence-electron chi connectivity index (χ3n) is 7.56. The molecule has 0 unspecified atom stereocenters. The quantitative estimate of drug-likeness (QED) is 0.236. The van der Waals surface area contributed by atoms with Crippen molar-refractivity contribution in [2.24, 2.45) is 0 Å². The number of hydrogen-bond donors (Lipinski definition) is 0. The lowest BCUT2D eigenvalue weighted by atomic mass is 9.99. The molecular formula is C36H24N4. The van der Waals surface area contributed by atoms with Crippen LogP contribution >= 0.6 is 0 Å². The van der Waals surface area contributed by atoms with E-state index in [2.05, 4.69) is 136 Å². The van der Waals surface area contributed by atoms with E-state index in [9.17, 15) is 0 Å². The Morgan fingerprint density at radius 2 is 0.875 bits per heavy atom. The van der Waals surface area contributed by atoms with Gasteiger partial charge in [-0.15, -0.1) is 0 Å². The van der Waals surface area contributed by atoms with Crippen LogP contribution < -0.4 is 0 Å². The molecule has 0 bridgehead atoms. The van der Waals surface area contributed by atoms with Crippen molar-refractivity contribution in [2.75, 3.05) is 0 Å². The predicted octanol–water partition coefficient (Wildman–Crippen LogP) is 8.80. The molecule has 0 aliphatic rings. The summed E-state index contributed by atoms with van der Waals surface area (Å²) in [6.45, 7) is 0. The topological polar surface area (TPSA) is 34.6 Å². The molecule has 0 saturated heterocycles. The first-order valence-corrected chi connectivity index (χ1v) is 13.4. The fraction of sp³-hybridized carbons (Fsp3) is 0. The second kappa shape index (κ2) is 9.07. The Morgan fingerprint density at radius 1 is 0.375 bits per heavy atom. The molecule has 0 saturated carbocycles. The molecule has 0 atom stereocenters. The van der Waals surface area contributed by atoms with Gasteiger partial charge < -0.3 is 0 Å². The van der Waals surface area contributed by atoms with Gasteiger partial charge in [0.15, 0.2) is 0 Å². The first kappa shape index (κ1) is 22.5. The van der Waals surface area contributed by atoms with E-state index in [1.807, 2.05) is 18.2 Å². The van der Waals surface area contributed by atoms with Gasteiger partial charge in [0.2, 0.25) is 0 Å². The van der Waals surface area contributed by atoms with Gasteiger partial charge in [0.25, 0.3) is 0 Å². The standard InChI is InChI=1S/C36H24N4/c1-2-11-26(12-3-1)33-35(39-22-8-6-14-31(39)37-33)27-17-19-28(20-18-27)36-34(38-32-15-7-9-23-40(32)36)30-21-16-25-10-4-5-13-29(25)24-30/h1-24H. The molecule has 4 aromatic heterocycles. The number of imidazole rings is 2. The largest absolute Gasteiger partial charge is 0.299 e. The van der Waals surface area contributed by atoms with Crippen LogP contribution in [0.25, 0.3) is 67.1 Å². The van der Waals surface area contributed by atoms with Crippen molar-refractivity contribution in [3.05, 3.63) is 146 Å². The third-order valence-corrected chi connectivity index (χ3v) is 7.56. The van der Waals surface area contributed by atoms with Crippen molar-refractivity contribution in [2.45, 2.75) is 0 Å². The lowest BCUT2D eigenvalue weighted by Crippen LogP contribution is -1.92. The fourth-order valence-corrected chi connectivity index (χ4v) is 5.66. The zero-order chi connectivity index (χ0) is 26.5. The number of pyridine rings is 2. The number of aromatic nitrogens is 4. The van der Waals surface area contributed by atoms with Gasteiger partial charge in [0, 0.05) is 34.6 Å². The maximum Gasteiger partial charge on any atom is 0.137 e. The highest BCUT2D eigenvalue weighted by Crippen LogP contribution is 2.37. The molecule has 0 amide bonds. The smallest absolute Gasteiger partial charge is 0.137 e. The number of fused-ring (bicyclic) bond motifs is 3. The minimum Gasteiger partial charge on any atom is -0.299 e. The fourth-order valence-electron chi connectivity index (χ4n) is 5.66. The first-order chi connectivity index (χ1) is 19.8. The van der Waals surface area contributed by atoms with Crippen LogP contribution in [-0.2, 0) is 0 Å². The average molecular weight is 513 g/mol. The van der Waals surface area contributed by atoms with E-state index in [1.165, 1.54) is 10.8 Å². The minimum absolute atomic E-state index is 0.929. The van der Waals surface area contributed by atoms with E-state index in [0.717, 1.165) is 56.3 Å². The summed E-state index contributed by atoms with van der Waals surface area (Å²) in [4.78, 5) is 10.1. The van der Waals surface area contributed by atoms with Gasteiger partial charge in [-0.3, -0.25) is 8.80 Å². The molecule has 0 aliphatic heterocycles. The summed E-state index contributed by atoms with van der Waals surface area (Å²) >= 11 is 0. The van der Waals surface area contributed by atoms with Crippen molar-refractivity contribution < 1.29 is 0 Å². The lowest BCUT2D eigenvalue weighted by Gasteiger charge is -2.10. The van der Waals surface area contributed by atoms with Gasteiger partial charge >= 0.3 is 0 Å². The van der Waals surface area contributed by atoms with Crippen molar-refractivity contribution in [3.8, 4) is 45.0 Å². The Bertz CT molecular complexity index is 2150. The second-order valence-corrected chi connectivity index (χ2v) is 9.98. The maximum atomic E-state index is 5.08. The molecule has 188 valence electrons. The van der Waals surface area contributed by atoms with Crippen molar-refractivity contribution in [1.82, 2.24) is 18.8 Å². The Kier molecular flexibility index (Phi) is 5.10. The molecule has 8 aromatic rings. The number of benzene rings is 4. The van der Waals surface area contributed by atoms with E-state index in [4.69, 9.17) is 9.97 Å². The van der Waals surface area contributed by atoms with E-state index < -0.39 is 0 Å². The van der Waals surface area contributed by atoms with Crippen LogP contribution in [0.5, 0.6) is 0 Å². The summed E-state index contributed by atoms with van der Waals surface area (Å²) in [6, 6.07) is 46.5. The molecule has 0 N–H and O–H groups in total. The Labute approximate surface area is 231 Å². The molecule has 0 aliphatic carbocycles. The average Bonchev–Trinajstić information content (AvgIpc) is 3.61. The van der Waals surface area contributed by atoms with Crippen molar-refractivity contribution >= 4 is 22.1 Å². The van der Waals surface area contributed by atoms with Crippen LogP contribution in [0.4, 0.5) is 0 Å². The monoisotopic (exact) mass is 512 g/mol.